The molecule has 114 valence electrons. The van der Waals surface area contributed by atoms with E-state index in [0.717, 1.165) is 21.6 Å². The third-order valence-electron chi connectivity index (χ3n) is 2.79. The first-order valence-corrected chi connectivity index (χ1v) is 8.31. The summed E-state index contributed by atoms with van der Waals surface area (Å²) in [7, 11) is 1.63. The van der Waals surface area contributed by atoms with Gasteiger partial charge in [-0.1, -0.05) is 23.1 Å². The van der Waals surface area contributed by atoms with E-state index in [9.17, 15) is 4.79 Å². The molecule has 0 aliphatic heterocycles. The predicted molar refractivity (Wildman–Crippen MR) is 86.3 cm³/mol. The van der Waals surface area contributed by atoms with E-state index in [1.165, 1.54) is 39.9 Å². The number of thioether (sulfide) groups is 1. The number of hydrogen-bond acceptors (Lipinski definition) is 7. The molecule has 0 bridgehead atoms. The summed E-state index contributed by atoms with van der Waals surface area (Å²) in [5, 5.41) is 4.23. The summed E-state index contributed by atoms with van der Waals surface area (Å²) in [4.78, 5) is 16.3. The molecule has 0 saturated carbocycles. The average molecular weight is 335 g/mol. The molecule has 0 saturated heterocycles. The van der Waals surface area contributed by atoms with Gasteiger partial charge in [0.2, 0.25) is 4.96 Å². The zero-order valence-electron chi connectivity index (χ0n) is 11.8. The van der Waals surface area contributed by atoms with Crippen molar-refractivity contribution >= 4 is 28.1 Å². The van der Waals surface area contributed by atoms with Crippen LogP contribution in [0.3, 0.4) is 0 Å². The van der Waals surface area contributed by atoms with Crippen LogP contribution in [0.1, 0.15) is 0 Å². The monoisotopic (exact) mass is 335 g/mol. The smallest absolute Gasteiger partial charge is 0.275 e. The fourth-order valence-electron chi connectivity index (χ4n) is 1.74. The van der Waals surface area contributed by atoms with Gasteiger partial charge in [-0.3, -0.25) is 4.79 Å². The van der Waals surface area contributed by atoms with E-state index in [0.29, 0.717) is 11.6 Å². The molecular weight excluding hydrogens is 322 g/mol. The number of ether oxygens (including phenoxy) is 2. The predicted octanol–water partition coefficient (Wildman–Crippen LogP) is 2.33. The second-order valence-corrected chi connectivity index (χ2v) is 6.52. The maximum absolute atomic E-state index is 11.6. The molecule has 0 spiro atoms. The molecule has 6 nitrogen and oxygen atoms in total. The number of nitrogens with zero attached hydrogens (tertiary/aromatic N) is 3. The van der Waals surface area contributed by atoms with Gasteiger partial charge >= 0.3 is 0 Å². The molecule has 0 amide bonds. The maximum atomic E-state index is 11.6. The summed E-state index contributed by atoms with van der Waals surface area (Å²) < 4.78 is 12.8. The first-order chi connectivity index (χ1) is 10.8. The number of hydrogen-bond donors (Lipinski definition) is 0. The Morgan fingerprint density at radius 2 is 2.00 bits per heavy atom. The minimum absolute atomic E-state index is 0.164. The summed E-state index contributed by atoms with van der Waals surface area (Å²) in [6.07, 6.45) is 1.50. The van der Waals surface area contributed by atoms with Gasteiger partial charge in [-0.05, 0) is 24.3 Å². The Bertz CT molecular complexity index is 814. The number of methoxy groups -OCH3 is 1. The summed E-state index contributed by atoms with van der Waals surface area (Å²) in [6.45, 7) is 0.551. The van der Waals surface area contributed by atoms with Crippen molar-refractivity contribution in [3.05, 3.63) is 46.9 Å². The Morgan fingerprint density at radius 3 is 2.73 bits per heavy atom. The van der Waals surface area contributed by atoms with Gasteiger partial charge < -0.3 is 9.47 Å². The van der Waals surface area contributed by atoms with Crippen molar-refractivity contribution in [3.63, 3.8) is 0 Å². The van der Waals surface area contributed by atoms with Crippen LogP contribution in [-0.2, 0) is 0 Å². The number of fused-ring (bicyclic) bond motifs is 1. The molecule has 22 heavy (non-hydrogen) atoms. The van der Waals surface area contributed by atoms with Crippen LogP contribution in [0.25, 0.3) is 4.96 Å². The van der Waals surface area contributed by atoms with Crippen LogP contribution in [0.4, 0.5) is 0 Å². The zero-order valence-corrected chi connectivity index (χ0v) is 13.4. The molecule has 0 fully saturated rings. The van der Waals surface area contributed by atoms with Crippen LogP contribution in [0, 0.1) is 0 Å². The van der Waals surface area contributed by atoms with Crippen LogP contribution < -0.4 is 15.0 Å². The molecule has 8 heteroatoms. The van der Waals surface area contributed by atoms with Gasteiger partial charge in [0.15, 0.2) is 4.34 Å². The number of aromatic nitrogens is 3. The molecule has 0 radical (unpaired) electrons. The number of benzene rings is 1. The first kappa shape index (κ1) is 14.9. The Balaban J connectivity index is 1.53. The van der Waals surface area contributed by atoms with Gasteiger partial charge in [0.05, 0.1) is 13.7 Å². The van der Waals surface area contributed by atoms with Gasteiger partial charge in [0.1, 0.15) is 11.5 Å². The molecule has 0 aliphatic carbocycles. The van der Waals surface area contributed by atoms with Crippen LogP contribution in [0.5, 0.6) is 11.5 Å². The van der Waals surface area contributed by atoms with E-state index in [2.05, 4.69) is 10.1 Å². The Morgan fingerprint density at radius 1 is 1.23 bits per heavy atom. The van der Waals surface area contributed by atoms with E-state index in [-0.39, 0.29) is 5.56 Å². The Hall–Kier alpha value is -2.06. The van der Waals surface area contributed by atoms with E-state index in [4.69, 9.17) is 9.47 Å². The van der Waals surface area contributed by atoms with Crippen molar-refractivity contribution in [1.82, 2.24) is 14.6 Å². The summed E-state index contributed by atoms with van der Waals surface area (Å²) in [5.41, 5.74) is -0.164. The summed E-state index contributed by atoms with van der Waals surface area (Å²) >= 11 is 2.93. The van der Waals surface area contributed by atoms with Crippen LogP contribution in [0.2, 0.25) is 0 Å². The Labute approximate surface area is 134 Å². The van der Waals surface area contributed by atoms with Gasteiger partial charge in [-0.2, -0.15) is 4.52 Å². The molecule has 0 aliphatic rings. The lowest BCUT2D eigenvalue weighted by Gasteiger charge is -2.05. The second-order valence-electron chi connectivity index (χ2n) is 4.22. The van der Waals surface area contributed by atoms with Gasteiger partial charge in [-0.25, -0.2) is 4.98 Å². The van der Waals surface area contributed by atoms with Crippen molar-refractivity contribution in [3.8, 4) is 11.5 Å². The van der Waals surface area contributed by atoms with Crippen molar-refractivity contribution in [2.45, 2.75) is 4.34 Å². The van der Waals surface area contributed by atoms with Crippen LogP contribution in [-0.4, -0.2) is 34.1 Å². The molecular formula is C14H13N3O3S2. The van der Waals surface area contributed by atoms with Crippen LogP contribution >= 0.6 is 23.1 Å². The molecule has 2 heterocycles. The molecule has 3 aromatic rings. The quantitative estimate of drug-likeness (QED) is 0.509. The maximum Gasteiger partial charge on any atom is 0.275 e. The van der Waals surface area contributed by atoms with E-state index in [1.807, 2.05) is 24.3 Å². The topological polar surface area (TPSA) is 65.7 Å². The van der Waals surface area contributed by atoms with E-state index < -0.39 is 0 Å². The SMILES string of the molecule is COc1ccc(OCCSc2nn3c(=O)ccnc3s2)cc1. The van der Waals surface area contributed by atoms with Crippen LogP contribution in [0.15, 0.2) is 45.7 Å². The second kappa shape index (κ2) is 6.80. The third kappa shape index (κ3) is 3.40. The first-order valence-electron chi connectivity index (χ1n) is 6.51. The molecule has 1 aromatic carbocycles. The van der Waals surface area contributed by atoms with Crippen molar-refractivity contribution in [2.75, 3.05) is 19.5 Å². The highest BCUT2D eigenvalue weighted by atomic mass is 32.2. The number of rotatable bonds is 6. The van der Waals surface area contributed by atoms with Gasteiger partial charge in [-0.15, -0.1) is 5.10 Å². The Kier molecular flexibility index (Phi) is 4.59. The highest BCUT2D eigenvalue weighted by Crippen LogP contribution is 2.23. The largest absolute Gasteiger partial charge is 0.497 e. The zero-order chi connectivity index (χ0) is 15.4. The molecule has 3 rings (SSSR count). The molecule has 0 N–H and O–H groups in total. The van der Waals surface area contributed by atoms with Crippen molar-refractivity contribution in [2.24, 2.45) is 0 Å². The molecule has 0 atom stereocenters. The van der Waals surface area contributed by atoms with Crippen molar-refractivity contribution in [1.29, 1.82) is 0 Å². The van der Waals surface area contributed by atoms with Gasteiger partial charge in [0, 0.05) is 18.0 Å². The van der Waals surface area contributed by atoms with E-state index >= 15 is 0 Å². The van der Waals surface area contributed by atoms with Gasteiger partial charge in [0.25, 0.3) is 5.56 Å². The fraction of sp³-hybridized carbons (Fsp3) is 0.214. The lowest BCUT2D eigenvalue weighted by Crippen LogP contribution is -2.12. The normalized spacial score (nSPS) is 10.8. The molecule has 0 unspecified atom stereocenters. The summed E-state index contributed by atoms with van der Waals surface area (Å²) in [5.74, 6) is 2.33. The fourth-order valence-corrected chi connectivity index (χ4v) is 3.54. The lowest BCUT2D eigenvalue weighted by molar-refractivity contribution is 0.342. The standard InChI is InChI=1S/C14H13N3O3S2/c1-19-10-2-4-11(5-3-10)20-8-9-21-14-16-17-12(18)6-7-15-13(17)22-14/h2-7H,8-9H2,1H3. The molecule has 2 aromatic heterocycles. The minimum Gasteiger partial charge on any atom is -0.497 e. The average Bonchev–Trinajstić information content (AvgIpc) is 2.97. The summed E-state index contributed by atoms with van der Waals surface area (Å²) in [6, 6.07) is 8.84. The minimum atomic E-state index is -0.164. The lowest BCUT2D eigenvalue weighted by atomic mass is 10.3. The third-order valence-corrected chi connectivity index (χ3v) is 4.81. The highest BCUT2D eigenvalue weighted by molar-refractivity contribution is 8.01. The van der Waals surface area contributed by atoms with Crippen molar-refractivity contribution < 1.29 is 9.47 Å². The highest BCUT2D eigenvalue weighted by Gasteiger charge is 2.06. The van der Waals surface area contributed by atoms with E-state index in [1.54, 1.807) is 7.11 Å².